The number of piperidine rings is 1. The molecule has 4 heterocycles. The Labute approximate surface area is 162 Å². The molecule has 2 aliphatic rings. The number of benzene rings is 1. The van der Waals surface area contributed by atoms with Crippen LogP contribution in [0.5, 0.6) is 0 Å². The predicted molar refractivity (Wildman–Crippen MR) is 110 cm³/mol. The van der Waals surface area contributed by atoms with Gasteiger partial charge in [-0.15, -0.1) is 0 Å². The number of anilines is 1. The fourth-order valence-electron chi connectivity index (χ4n) is 4.22. The van der Waals surface area contributed by atoms with Crippen molar-refractivity contribution in [1.29, 1.82) is 0 Å². The average Bonchev–Trinajstić information content (AvgIpc) is 3.37. The minimum Gasteiger partial charge on any atom is -0.322 e. The minimum atomic E-state index is -0.0737. The summed E-state index contributed by atoms with van der Waals surface area (Å²) in [5, 5.41) is 15.6. The molecule has 5 nitrogen and oxygen atoms in total. The molecule has 3 aromatic rings. The van der Waals surface area contributed by atoms with Gasteiger partial charge in [0, 0.05) is 29.0 Å². The van der Waals surface area contributed by atoms with Gasteiger partial charge >= 0.3 is 0 Å². The molecule has 2 N–H and O–H groups in total. The second kappa shape index (κ2) is 6.94. The summed E-state index contributed by atoms with van der Waals surface area (Å²) in [5.74, 6) is -0.0737. The van der Waals surface area contributed by atoms with Crippen LogP contribution in [0.3, 0.4) is 0 Å². The molecular weight excluding hydrogens is 356 g/mol. The lowest BCUT2D eigenvalue weighted by atomic mass is 9.90. The molecule has 2 aromatic heterocycles. The Balaban J connectivity index is 1.43. The quantitative estimate of drug-likeness (QED) is 0.704. The van der Waals surface area contributed by atoms with Crippen molar-refractivity contribution in [1.82, 2.24) is 15.1 Å². The highest BCUT2D eigenvalue weighted by Gasteiger charge is 2.27. The molecule has 2 aliphatic heterocycles. The zero-order chi connectivity index (χ0) is 18.2. The number of hydrogen-bond acceptors (Lipinski definition) is 4. The molecule has 138 valence electrons. The number of thiophene rings is 1. The Morgan fingerprint density at radius 3 is 3.15 bits per heavy atom. The molecule has 1 aromatic carbocycles. The Morgan fingerprint density at radius 2 is 2.26 bits per heavy atom. The van der Waals surface area contributed by atoms with Gasteiger partial charge in [0.05, 0.1) is 16.8 Å². The molecule has 6 heteroatoms. The summed E-state index contributed by atoms with van der Waals surface area (Å²) < 4.78 is 0. The van der Waals surface area contributed by atoms with Crippen molar-refractivity contribution in [3.63, 3.8) is 0 Å². The van der Waals surface area contributed by atoms with Crippen LogP contribution in [0.4, 0.5) is 5.69 Å². The lowest BCUT2D eigenvalue weighted by Crippen LogP contribution is -2.41. The summed E-state index contributed by atoms with van der Waals surface area (Å²) in [4.78, 5) is 14.9. The zero-order valence-corrected chi connectivity index (χ0v) is 15.9. The van der Waals surface area contributed by atoms with Crippen LogP contribution in [0.15, 0.2) is 41.1 Å². The number of H-pyrrole nitrogens is 1. The molecule has 0 bridgehead atoms. The Bertz CT molecular complexity index is 1000. The van der Waals surface area contributed by atoms with Crippen LogP contribution in [0, 0.1) is 0 Å². The van der Waals surface area contributed by atoms with Crippen molar-refractivity contribution in [2.45, 2.75) is 31.7 Å². The maximum atomic E-state index is 12.3. The van der Waals surface area contributed by atoms with E-state index in [2.05, 4.69) is 26.5 Å². The number of rotatable bonds is 3. The van der Waals surface area contributed by atoms with Crippen LogP contribution < -0.4 is 5.32 Å². The van der Waals surface area contributed by atoms with Gasteiger partial charge in [-0.1, -0.05) is 12.5 Å². The van der Waals surface area contributed by atoms with Crippen molar-refractivity contribution >= 4 is 39.4 Å². The van der Waals surface area contributed by atoms with Crippen LogP contribution in [-0.4, -0.2) is 40.1 Å². The Hall–Kier alpha value is -2.44. The van der Waals surface area contributed by atoms with Crippen LogP contribution in [0.1, 0.15) is 41.7 Å². The summed E-state index contributed by atoms with van der Waals surface area (Å²) in [6.45, 7) is 2.23. The number of nitrogens with zero attached hydrogens (tertiary/aromatic N) is 2. The van der Waals surface area contributed by atoms with Gasteiger partial charge in [0.25, 0.3) is 5.91 Å². The first-order valence-electron chi connectivity index (χ1n) is 9.53. The number of aromatic amines is 1. The molecule has 1 saturated heterocycles. The van der Waals surface area contributed by atoms with Gasteiger partial charge in [-0.2, -0.15) is 16.4 Å². The largest absolute Gasteiger partial charge is 0.322 e. The number of nitrogens with one attached hydrogen (secondary N) is 2. The molecule has 0 radical (unpaired) electrons. The molecule has 1 amide bonds. The molecular formula is C21H22N4OS. The van der Waals surface area contributed by atoms with Gasteiger partial charge < -0.3 is 5.32 Å². The van der Waals surface area contributed by atoms with Gasteiger partial charge in [-0.05, 0) is 61.0 Å². The normalized spacial score (nSPS) is 20.3. The van der Waals surface area contributed by atoms with Crippen LogP contribution in [-0.2, 0) is 0 Å². The lowest BCUT2D eigenvalue weighted by molar-refractivity contribution is 0.102. The van der Waals surface area contributed by atoms with E-state index in [1.165, 1.54) is 42.7 Å². The van der Waals surface area contributed by atoms with Gasteiger partial charge in [0.1, 0.15) is 0 Å². The summed E-state index contributed by atoms with van der Waals surface area (Å²) in [6.07, 6.45) is 7.31. The first-order chi connectivity index (χ1) is 13.3. The number of hydrogen-bond donors (Lipinski definition) is 2. The molecule has 27 heavy (non-hydrogen) atoms. The average molecular weight is 379 g/mol. The third kappa shape index (κ3) is 3.19. The van der Waals surface area contributed by atoms with Crippen molar-refractivity contribution in [2.75, 3.05) is 18.4 Å². The van der Waals surface area contributed by atoms with E-state index >= 15 is 0 Å². The van der Waals surface area contributed by atoms with Crippen LogP contribution >= 0.6 is 11.3 Å². The van der Waals surface area contributed by atoms with Gasteiger partial charge in [-0.25, -0.2) is 0 Å². The van der Waals surface area contributed by atoms with E-state index in [0.29, 0.717) is 11.6 Å². The monoisotopic (exact) mass is 378 g/mol. The predicted octanol–water partition coefficient (Wildman–Crippen LogP) is 4.52. The lowest BCUT2D eigenvalue weighted by Gasteiger charge is -2.38. The SMILES string of the molecule is O=C(Nc1ccc2[nH]nc(C3=CCN4CCCCC4C3)c2c1)c1ccsc1. The standard InChI is InChI=1S/C21H22N4OS/c26-21(15-7-10-27-13-15)22-16-4-5-19-18(12-16)20(24-23-19)14-6-9-25-8-2-1-3-17(25)11-14/h4-7,10,12-13,17H,1-3,8-9,11H2,(H,22,26)(H,23,24). The number of aromatic nitrogens is 2. The van der Waals surface area contributed by atoms with Crippen LogP contribution in [0.25, 0.3) is 16.5 Å². The molecule has 0 spiro atoms. The van der Waals surface area contributed by atoms with Crippen molar-refractivity contribution in [3.8, 4) is 0 Å². The Kier molecular flexibility index (Phi) is 4.30. The van der Waals surface area contributed by atoms with Gasteiger partial charge in [0.15, 0.2) is 0 Å². The number of amides is 1. The molecule has 5 rings (SSSR count). The number of fused-ring (bicyclic) bond motifs is 2. The third-order valence-electron chi connectivity index (χ3n) is 5.69. The van der Waals surface area contributed by atoms with Crippen molar-refractivity contribution in [3.05, 3.63) is 52.4 Å². The fourth-order valence-corrected chi connectivity index (χ4v) is 4.86. The maximum Gasteiger partial charge on any atom is 0.256 e. The first-order valence-corrected chi connectivity index (χ1v) is 10.5. The molecule has 1 unspecified atom stereocenters. The van der Waals surface area contributed by atoms with Crippen LogP contribution in [0.2, 0.25) is 0 Å². The summed E-state index contributed by atoms with van der Waals surface area (Å²) >= 11 is 1.53. The summed E-state index contributed by atoms with van der Waals surface area (Å²) in [6, 6.07) is 8.43. The fraction of sp³-hybridized carbons (Fsp3) is 0.333. The van der Waals surface area contributed by atoms with E-state index in [9.17, 15) is 4.79 Å². The van der Waals surface area contributed by atoms with E-state index < -0.39 is 0 Å². The topological polar surface area (TPSA) is 61.0 Å². The highest BCUT2D eigenvalue weighted by molar-refractivity contribution is 7.08. The Morgan fingerprint density at radius 1 is 1.30 bits per heavy atom. The highest BCUT2D eigenvalue weighted by Crippen LogP contribution is 2.34. The second-order valence-electron chi connectivity index (χ2n) is 7.38. The molecule has 0 saturated carbocycles. The minimum absolute atomic E-state index is 0.0737. The van der Waals surface area contributed by atoms with Gasteiger partial charge in [-0.3, -0.25) is 14.8 Å². The molecule has 1 fully saturated rings. The zero-order valence-electron chi connectivity index (χ0n) is 15.1. The van der Waals surface area contributed by atoms with E-state index in [1.54, 1.807) is 0 Å². The number of carbonyl (C=O) groups excluding carboxylic acids is 1. The molecule has 1 atom stereocenters. The van der Waals surface area contributed by atoms with E-state index in [-0.39, 0.29) is 5.91 Å². The first kappa shape index (κ1) is 16.7. The summed E-state index contributed by atoms with van der Waals surface area (Å²) in [5.41, 5.74) is 4.86. The highest BCUT2D eigenvalue weighted by atomic mass is 32.1. The van der Waals surface area contributed by atoms with E-state index in [1.807, 2.05) is 35.0 Å². The van der Waals surface area contributed by atoms with Crippen molar-refractivity contribution in [2.24, 2.45) is 0 Å². The summed E-state index contributed by atoms with van der Waals surface area (Å²) in [7, 11) is 0. The van der Waals surface area contributed by atoms with Gasteiger partial charge in [0.2, 0.25) is 0 Å². The van der Waals surface area contributed by atoms with Crippen molar-refractivity contribution < 1.29 is 4.79 Å². The third-order valence-corrected chi connectivity index (χ3v) is 6.37. The second-order valence-corrected chi connectivity index (χ2v) is 8.16. The maximum absolute atomic E-state index is 12.3. The number of carbonyl (C=O) groups is 1. The van der Waals surface area contributed by atoms with E-state index in [0.717, 1.165) is 35.2 Å². The smallest absolute Gasteiger partial charge is 0.256 e. The molecule has 0 aliphatic carbocycles. The van der Waals surface area contributed by atoms with E-state index in [4.69, 9.17) is 0 Å².